The molecule has 0 heterocycles. The van der Waals surface area contributed by atoms with Crippen LogP contribution in [0, 0.1) is 0 Å². The molecule has 6 heteroatoms. The Hall–Kier alpha value is -2.24. The number of hydrogen-bond donors (Lipinski definition) is 2. The van der Waals surface area contributed by atoms with Crippen LogP contribution in [0.2, 0.25) is 0 Å². The first kappa shape index (κ1) is 16.8. The number of esters is 1. The van der Waals surface area contributed by atoms with E-state index >= 15 is 0 Å². The Bertz CT molecular complexity index is 502. The van der Waals surface area contributed by atoms with E-state index in [4.69, 9.17) is 15.2 Å². The van der Waals surface area contributed by atoms with Gasteiger partial charge in [-0.1, -0.05) is 6.92 Å². The lowest BCUT2D eigenvalue weighted by Crippen LogP contribution is -2.35. The number of carbonyl (C=O) groups is 2. The van der Waals surface area contributed by atoms with Crippen molar-refractivity contribution in [1.29, 1.82) is 0 Å². The average molecular weight is 294 g/mol. The summed E-state index contributed by atoms with van der Waals surface area (Å²) in [5, 5.41) is 2.71. The molecule has 116 valence electrons. The first-order chi connectivity index (χ1) is 9.96. The Labute approximate surface area is 124 Å². The van der Waals surface area contributed by atoms with Gasteiger partial charge in [0.05, 0.1) is 12.2 Å². The number of anilines is 1. The van der Waals surface area contributed by atoms with E-state index in [9.17, 15) is 9.59 Å². The maximum absolute atomic E-state index is 11.9. The van der Waals surface area contributed by atoms with Gasteiger partial charge in [-0.05, 0) is 32.4 Å². The molecule has 0 aliphatic heterocycles. The monoisotopic (exact) mass is 294 g/mol. The van der Waals surface area contributed by atoms with Gasteiger partial charge in [0.15, 0.2) is 6.61 Å². The van der Waals surface area contributed by atoms with Crippen molar-refractivity contribution in [1.82, 2.24) is 5.32 Å². The van der Waals surface area contributed by atoms with E-state index in [1.807, 2.05) is 20.8 Å². The molecule has 1 aromatic rings. The first-order valence-corrected chi connectivity index (χ1v) is 6.96. The van der Waals surface area contributed by atoms with Gasteiger partial charge in [-0.25, -0.2) is 4.79 Å². The van der Waals surface area contributed by atoms with Crippen LogP contribution in [0.15, 0.2) is 18.2 Å². The second-order valence-corrected chi connectivity index (χ2v) is 4.68. The van der Waals surface area contributed by atoms with E-state index < -0.39 is 5.97 Å². The Morgan fingerprint density at radius 1 is 1.29 bits per heavy atom. The molecular weight excluding hydrogens is 272 g/mol. The highest BCUT2D eigenvalue weighted by Crippen LogP contribution is 2.19. The second-order valence-electron chi connectivity index (χ2n) is 4.68. The van der Waals surface area contributed by atoms with Crippen LogP contribution in [-0.2, 0) is 9.53 Å². The molecule has 0 aromatic heterocycles. The standard InChI is InChI=1S/C15H22N2O4/c1-4-10(3)17-14(18)9-21-15(19)11-6-12(16)8-13(7-11)20-5-2/h6-8,10H,4-5,9,16H2,1-3H3,(H,17,18). The van der Waals surface area contributed by atoms with Crippen LogP contribution in [0.4, 0.5) is 5.69 Å². The van der Waals surface area contributed by atoms with E-state index in [0.29, 0.717) is 18.0 Å². The number of amides is 1. The quantitative estimate of drug-likeness (QED) is 0.590. The van der Waals surface area contributed by atoms with Crippen molar-refractivity contribution in [3.63, 3.8) is 0 Å². The van der Waals surface area contributed by atoms with E-state index in [1.54, 1.807) is 6.07 Å². The number of nitrogen functional groups attached to an aromatic ring is 1. The molecule has 1 amide bonds. The van der Waals surface area contributed by atoms with Gasteiger partial charge in [0.2, 0.25) is 0 Å². The maximum Gasteiger partial charge on any atom is 0.338 e. The third-order valence-electron chi connectivity index (χ3n) is 2.83. The largest absolute Gasteiger partial charge is 0.494 e. The molecule has 0 fully saturated rings. The molecule has 0 saturated carbocycles. The minimum atomic E-state index is -0.609. The number of hydrogen-bond acceptors (Lipinski definition) is 5. The number of ether oxygens (including phenoxy) is 2. The number of carbonyl (C=O) groups excluding carboxylic acids is 2. The highest BCUT2D eigenvalue weighted by molar-refractivity contribution is 5.92. The smallest absolute Gasteiger partial charge is 0.338 e. The van der Waals surface area contributed by atoms with Gasteiger partial charge >= 0.3 is 5.97 Å². The van der Waals surface area contributed by atoms with Gasteiger partial charge in [0.25, 0.3) is 5.91 Å². The highest BCUT2D eigenvalue weighted by Gasteiger charge is 2.13. The Morgan fingerprint density at radius 3 is 2.62 bits per heavy atom. The highest BCUT2D eigenvalue weighted by atomic mass is 16.5. The van der Waals surface area contributed by atoms with Crippen LogP contribution >= 0.6 is 0 Å². The van der Waals surface area contributed by atoms with Crippen LogP contribution in [0.25, 0.3) is 0 Å². The lowest BCUT2D eigenvalue weighted by Gasteiger charge is -2.12. The number of nitrogens with one attached hydrogen (secondary N) is 1. The zero-order chi connectivity index (χ0) is 15.8. The Balaban J connectivity index is 2.61. The summed E-state index contributed by atoms with van der Waals surface area (Å²) in [6.07, 6.45) is 0.812. The van der Waals surface area contributed by atoms with Gasteiger partial charge in [0.1, 0.15) is 5.75 Å². The summed E-state index contributed by atoms with van der Waals surface area (Å²) in [7, 11) is 0. The molecule has 1 atom stereocenters. The summed E-state index contributed by atoms with van der Waals surface area (Å²) in [6.45, 7) is 5.82. The lowest BCUT2D eigenvalue weighted by molar-refractivity contribution is -0.124. The molecule has 0 spiro atoms. The topological polar surface area (TPSA) is 90.7 Å². The van der Waals surface area contributed by atoms with Gasteiger partial charge in [-0.3, -0.25) is 4.79 Å². The predicted molar refractivity (Wildman–Crippen MR) is 80.2 cm³/mol. The molecule has 21 heavy (non-hydrogen) atoms. The summed E-state index contributed by atoms with van der Waals surface area (Å²) in [5.41, 5.74) is 6.36. The SMILES string of the molecule is CCOc1cc(N)cc(C(=O)OCC(=O)NC(C)CC)c1. The summed E-state index contributed by atoms with van der Waals surface area (Å²) in [6, 6.07) is 4.69. The van der Waals surface area contributed by atoms with Crippen molar-refractivity contribution >= 4 is 17.6 Å². The van der Waals surface area contributed by atoms with Crippen molar-refractivity contribution in [3.05, 3.63) is 23.8 Å². The number of rotatable bonds is 7. The summed E-state index contributed by atoms with van der Waals surface area (Å²) < 4.78 is 10.3. The minimum Gasteiger partial charge on any atom is -0.494 e. The molecule has 6 nitrogen and oxygen atoms in total. The van der Waals surface area contributed by atoms with E-state index in [1.165, 1.54) is 12.1 Å². The van der Waals surface area contributed by atoms with Crippen LogP contribution < -0.4 is 15.8 Å². The van der Waals surface area contributed by atoms with Crippen molar-refractivity contribution < 1.29 is 19.1 Å². The fourth-order valence-electron chi connectivity index (χ4n) is 1.62. The number of nitrogens with two attached hydrogens (primary N) is 1. The molecule has 0 aliphatic carbocycles. The molecule has 0 bridgehead atoms. The average Bonchev–Trinajstić information content (AvgIpc) is 2.44. The predicted octanol–water partition coefficient (Wildman–Crippen LogP) is 1.74. The maximum atomic E-state index is 11.9. The van der Waals surface area contributed by atoms with Gasteiger partial charge in [-0.2, -0.15) is 0 Å². The molecule has 1 rings (SSSR count). The van der Waals surface area contributed by atoms with Crippen LogP contribution in [0.5, 0.6) is 5.75 Å². The van der Waals surface area contributed by atoms with Gasteiger partial charge < -0.3 is 20.5 Å². The first-order valence-electron chi connectivity index (χ1n) is 6.96. The Kier molecular flexibility index (Phi) is 6.52. The van der Waals surface area contributed by atoms with Crippen LogP contribution in [0.1, 0.15) is 37.6 Å². The fourth-order valence-corrected chi connectivity index (χ4v) is 1.62. The lowest BCUT2D eigenvalue weighted by atomic mass is 10.2. The molecule has 1 unspecified atom stereocenters. The number of benzene rings is 1. The Morgan fingerprint density at radius 2 is 2.00 bits per heavy atom. The zero-order valence-electron chi connectivity index (χ0n) is 12.6. The van der Waals surface area contributed by atoms with Crippen molar-refractivity contribution in [3.8, 4) is 5.75 Å². The third kappa shape index (κ3) is 5.72. The molecule has 0 saturated heterocycles. The van der Waals surface area contributed by atoms with E-state index in [2.05, 4.69) is 5.32 Å². The van der Waals surface area contributed by atoms with Gasteiger partial charge in [0, 0.05) is 17.8 Å². The van der Waals surface area contributed by atoms with Crippen LogP contribution in [-0.4, -0.2) is 31.1 Å². The zero-order valence-corrected chi connectivity index (χ0v) is 12.6. The van der Waals surface area contributed by atoms with E-state index in [-0.39, 0.29) is 24.1 Å². The summed E-state index contributed by atoms with van der Waals surface area (Å²) >= 11 is 0. The molecular formula is C15H22N2O4. The van der Waals surface area contributed by atoms with Crippen LogP contribution in [0.3, 0.4) is 0 Å². The van der Waals surface area contributed by atoms with Crippen molar-refractivity contribution in [2.75, 3.05) is 18.9 Å². The summed E-state index contributed by atoms with van der Waals surface area (Å²) in [5.74, 6) is -0.442. The molecule has 0 radical (unpaired) electrons. The summed E-state index contributed by atoms with van der Waals surface area (Å²) in [4.78, 5) is 23.4. The molecule has 3 N–H and O–H groups in total. The van der Waals surface area contributed by atoms with Crippen molar-refractivity contribution in [2.45, 2.75) is 33.2 Å². The third-order valence-corrected chi connectivity index (χ3v) is 2.83. The normalized spacial score (nSPS) is 11.6. The molecule has 0 aliphatic rings. The molecule has 1 aromatic carbocycles. The minimum absolute atomic E-state index is 0.0492. The fraction of sp³-hybridized carbons (Fsp3) is 0.467. The van der Waals surface area contributed by atoms with E-state index in [0.717, 1.165) is 6.42 Å². The van der Waals surface area contributed by atoms with Crippen molar-refractivity contribution in [2.24, 2.45) is 0 Å². The second kappa shape index (κ2) is 8.14. The van der Waals surface area contributed by atoms with Gasteiger partial charge in [-0.15, -0.1) is 0 Å².